The Kier molecular flexibility index (Phi) is 5.14. The molecule has 1 aliphatic rings. The summed E-state index contributed by atoms with van der Waals surface area (Å²) in [5.41, 5.74) is 0.906. The van der Waals surface area contributed by atoms with Gasteiger partial charge in [-0.25, -0.2) is 4.98 Å². The number of amides is 1. The summed E-state index contributed by atoms with van der Waals surface area (Å²) in [6.45, 7) is 0.425. The molecule has 1 saturated carbocycles. The Morgan fingerprint density at radius 1 is 1.29 bits per heavy atom. The van der Waals surface area contributed by atoms with Crippen molar-refractivity contribution >= 4 is 11.9 Å². The highest BCUT2D eigenvalue weighted by Gasteiger charge is 2.29. The Morgan fingerprint density at radius 2 is 1.95 bits per heavy atom. The van der Waals surface area contributed by atoms with E-state index in [1.165, 1.54) is 0 Å². The molecule has 0 aliphatic heterocycles. The van der Waals surface area contributed by atoms with Crippen LogP contribution in [-0.4, -0.2) is 29.1 Å². The van der Waals surface area contributed by atoms with Gasteiger partial charge < -0.3 is 15.2 Å². The number of carbonyl (C=O) groups excluding carboxylic acids is 1. The van der Waals surface area contributed by atoms with Gasteiger partial charge in [-0.1, -0.05) is 6.07 Å². The van der Waals surface area contributed by atoms with Gasteiger partial charge in [-0.15, -0.1) is 0 Å². The van der Waals surface area contributed by atoms with Gasteiger partial charge in [0.25, 0.3) is 0 Å². The molecule has 6 nitrogen and oxygen atoms in total. The molecule has 0 unspecified atom stereocenters. The van der Waals surface area contributed by atoms with Crippen molar-refractivity contribution in [3.05, 3.63) is 23.9 Å². The Hall–Kier alpha value is -2.11. The van der Waals surface area contributed by atoms with Crippen molar-refractivity contribution in [2.75, 3.05) is 7.11 Å². The summed E-state index contributed by atoms with van der Waals surface area (Å²) < 4.78 is 4.97. The number of rotatable bonds is 5. The molecule has 1 aromatic heterocycles. The molecule has 1 fully saturated rings. The first-order valence-corrected chi connectivity index (χ1v) is 7.09. The minimum atomic E-state index is -0.752. The third-order valence-electron chi connectivity index (χ3n) is 3.92. The fourth-order valence-electron chi connectivity index (χ4n) is 2.57. The Labute approximate surface area is 123 Å². The van der Waals surface area contributed by atoms with Gasteiger partial charge in [-0.3, -0.25) is 9.59 Å². The summed E-state index contributed by atoms with van der Waals surface area (Å²) in [6, 6.07) is 3.60. The molecule has 1 aromatic rings. The average Bonchev–Trinajstić information content (AvgIpc) is 2.53. The third kappa shape index (κ3) is 4.18. The summed E-state index contributed by atoms with van der Waals surface area (Å²) >= 11 is 0. The molecule has 0 saturated heterocycles. The molecule has 1 heterocycles. The standard InChI is InChI=1S/C15H20N2O4/c1-21-13-7-2-10(8-16-13)9-17-14(18)11-3-5-12(6-4-11)15(19)20/h2,7-8,11-12H,3-6,9H2,1H3,(H,17,18)(H,19,20). The second-order valence-electron chi connectivity index (χ2n) is 5.31. The van der Waals surface area contributed by atoms with Crippen molar-refractivity contribution in [1.29, 1.82) is 0 Å². The lowest BCUT2D eigenvalue weighted by atomic mass is 9.81. The summed E-state index contributed by atoms with van der Waals surface area (Å²) in [5, 5.41) is 11.8. The van der Waals surface area contributed by atoms with E-state index in [0.29, 0.717) is 38.1 Å². The maximum absolute atomic E-state index is 12.1. The number of ether oxygens (including phenoxy) is 1. The van der Waals surface area contributed by atoms with Crippen molar-refractivity contribution in [1.82, 2.24) is 10.3 Å². The Balaban J connectivity index is 1.78. The zero-order valence-electron chi connectivity index (χ0n) is 12.0. The lowest BCUT2D eigenvalue weighted by Crippen LogP contribution is -2.34. The Morgan fingerprint density at radius 3 is 2.48 bits per heavy atom. The first-order chi connectivity index (χ1) is 10.1. The number of methoxy groups -OCH3 is 1. The molecule has 21 heavy (non-hydrogen) atoms. The number of aliphatic carboxylic acids is 1. The van der Waals surface area contributed by atoms with E-state index < -0.39 is 5.97 Å². The van der Waals surface area contributed by atoms with Gasteiger partial charge in [0.15, 0.2) is 0 Å². The van der Waals surface area contributed by atoms with E-state index in [-0.39, 0.29) is 17.7 Å². The number of nitrogens with one attached hydrogen (secondary N) is 1. The van der Waals surface area contributed by atoms with E-state index >= 15 is 0 Å². The van der Waals surface area contributed by atoms with Crippen LogP contribution in [0.1, 0.15) is 31.2 Å². The van der Waals surface area contributed by atoms with Crippen molar-refractivity contribution in [2.24, 2.45) is 11.8 Å². The Bertz CT molecular complexity index is 493. The molecular formula is C15H20N2O4. The predicted molar refractivity (Wildman–Crippen MR) is 75.7 cm³/mol. The van der Waals surface area contributed by atoms with Crippen LogP contribution in [0.15, 0.2) is 18.3 Å². The highest BCUT2D eigenvalue weighted by atomic mass is 16.5. The van der Waals surface area contributed by atoms with Crippen LogP contribution >= 0.6 is 0 Å². The molecule has 0 bridgehead atoms. The maximum Gasteiger partial charge on any atom is 0.306 e. The second-order valence-corrected chi connectivity index (χ2v) is 5.31. The van der Waals surface area contributed by atoms with Crippen LogP contribution in [0.25, 0.3) is 0 Å². The minimum absolute atomic E-state index is 0.00495. The quantitative estimate of drug-likeness (QED) is 0.860. The van der Waals surface area contributed by atoms with E-state index in [1.807, 2.05) is 6.07 Å². The number of carbonyl (C=O) groups is 2. The molecule has 114 valence electrons. The second kappa shape index (κ2) is 7.06. The molecule has 0 atom stereocenters. The van der Waals surface area contributed by atoms with Gasteiger partial charge in [-0.05, 0) is 31.2 Å². The van der Waals surface area contributed by atoms with E-state index in [2.05, 4.69) is 10.3 Å². The summed E-state index contributed by atoms with van der Waals surface area (Å²) in [7, 11) is 1.55. The lowest BCUT2D eigenvalue weighted by molar-refractivity contribution is -0.144. The van der Waals surface area contributed by atoms with E-state index in [4.69, 9.17) is 9.84 Å². The first kappa shape index (κ1) is 15.3. The molecule has 1 amide bonds. The van der Waals surface area contributed by atoms with E-state index in [0.717, 1.165) is 5.56 Å². The minimum Gasteiger partial charge on any atom is -0.481 e. The smallest absolute Gasteiger partial charge is 0.306 e. The topological polar surface area (TPSA) is 88.5 Å². The van der Waals surface area contributed by atoms with Gasteiger partial charge >= 0.3 is 5.97 Å². The van der Waals surface area contributed by atoms with Crippen molar-refractivity contribution in [2.45, 2.75) is 32.2 Å². The van der Waals surface area contributed by atoms with E-state index in [9.17, 15) is 9.59 Å². The molecule has 2 rings (SSSR count). The largest absolute Gasteiger partial charge is 0.481 e. The first-order valence-electron chi connectivity index (χ1n) is 7.09. The van der Waals surface area contributed by atoms with Gasteiger partial charge in [0.2, 0.25) is 11.8 Å². The monoisotopic (exact) mass is 292 g/mol. The fourth-order valence-corrected chi connectivity index (χ4v) is 2.57. The number of carboxylic acids is 1. The SMILES string of the molecule is COc1ccc(CNC(=O)C2CCC(C(=O)O)CC2)cn1. The van der Waals surface area contributed by atoms with Gasteiger partial charge in [0.05, 0.1) is 13.0 Å². The van der Waals surface area contributed by atoms with Crippen LogP contribution in [0, 0.1) is 11.8 Å². The maximum atomic E-state index is 12.1. The molecule has 0 spiro atoms. The summed E-state index contributed by atoms with van der Waals surface area (Å²) in [4.78, 5) is 27.0. The van der Waals surface area contributed by atoms with Crippen molar-refractivity contribution < 1.29 is 19.4 Å². The highest BCUT2D eigenvalue weighted by Crippen LogP contribution is 2.29. The number of pyridine rings is 1. The van der Waals surface area contributed by atoms with Crippen LogP contribution in [0.5, 0.6) is 5.88 Å². The van der Waals surface area contributed by atoms with Crippen LogP contribution in [-0.2, 0) is 16.1 Å². The van der Waals surface area contributed by atoms with Crippen LogP contribution < -0.4 is 10.1 Å². The van der Waals surface area contributed by atoms with Crippen molar-refractivity contribution in [3.8, 4) is 5.88 Å². The normalized spacial score (nSPS) is 21.6. The molecule has 0 aromatic carbocycles. The average molecular weight is 292 g/mol. The number of nitrogens with zero attached hydrogens (tertiary/aromatic N) is 1. The van der Waals surface area contributed by atoms with E-state index in [1.54, 1.807) is 19.4 Å². The number of hydrogen-bond acceptors (Lipinski definition) is 4. The van der Waals surface area contributed by atoms with Gasteiger partial charge in [0.1, 0.15) is 0 Å². The summed E-state index contributed by atoms with van der Waals surface area (Å²) in [6.07, 6.45) is 4.11. The van der Waals surface area contributed by atoms with Gasteiger partial charge in [0, 0.05) is 24.7 Å². The third-order valence-corrected chi connectivity index (χ3v) is 3.92. The molecule has 6 heteroatoms. The number of hydrogen-bond donors (Lipinski definition) is 2. The zero-order valence-corrected chi connectivity index (χ0v) is 12.0. The lowest BCUT2D eigenvalue weighted by Gasteiger charge is -2.25. The van der Waals surface area contributed by atoms with Crippen molar-refractivity contribution in [3.63, 3.8) is 0 Å². The number of aromatic nitrogens is 1. The zero-order chi connectivity index (χ0) is 15.2. The van der Waals surface area contributed by atoms with Crippen LogP contribution in [0.2, 0.25) is 0 Å². The van der Waals surface area contributed by atoms with Gasteiger partial charge in [-0.2, -0.15) is 0 Å². The molecule has 1 aliphatic carbocycles. The molecular weight excluding hydrogens is 272 g/mol. The predicted octanol–water partition coefficient (Wildman–Crippen LogP) is 1.60. The van der Waals surface area contributed by atoms with Crippen LogP contribution in [0.4, 0.5) is 0 Å². The molecule has 2 N–H and O–H groups in total. The van der Waals surface area contributed by atoms with Crippen LogP contribution in [0.3, 0.4) is 0 Å². The fraction of sp³-hybridized carbons (Fsp3) is 0.533. The highest BCUT2D eigenvalue weighted by molar-refractivity contribution is 5.79. The molecule has 0 radical (unpaired) electrons. The summed E-state index contributed by atoms with van der Waals surface area (Å²) in [5.74, 6) is -0.587. The number of carboxylic acid groups (broad SMARTS) is 1.